The van der Waals surface area contributed by atoms with Crippen molar-refractivity contribution in [3.63, 3.8) is 0 Å². The predicted molar refractivity (Wildman–Crippen MR) is 158 cm³/mol. The highest BCUT2D eigenvalue weighted by Gasteiger charge is 2.31. The summed E-state index contributed by atoms with van der Waals surface area (Å²) in [5.74, 6) is -0.492. The Balaban J connectivity index is 1.47. The van der Waals surface area contributed by atoms with Crippen molar-refractivity contribution in [3.05, 3.63) is 64.0 Å². The summed E-state index contributed by atoms with van der Waals surface area (Å²) in [6, 6.07) is 12.2. The van der Waals surface area contributed by atoms with E-state index < -0.39 is 17.1 Å². The SMILES string of the molecule is COC(=O)c1c(NC(=O)C(C)Sc2cccc(NC(=O)c3c(OC)cccc3OC)c2)sc2c1CCN(C(C)=O)C2. The number of amides is 3. The summed E-state index contributed by atoms with van der Waals surface area (Å²) < 4.78 is 15.7. The van der Waals surface area contributed by atoms with Crippen LogP contribution in [0.25, 0.3) is 0 Å². The zero-order chi connectivity index (χ0) is 29.7. The van der Waals surface area contributed by atoms with Gasteiger partial charge in [-0.1, -0.05) is 12.1 Å². The van der Waals surface area contributed by atoms with E-state index in [-0.39, 0.29) is 17.4 Å². The van der Waals surface area contributed by atoms with Crippen molar-refractivity contribution >= 4 is 57.5 Å². The number of thioether (sulfide) groups is 1. The number of hydrogen-bond acceptors (Lipinski definition) is 9. The molecular weight excluding hydrogens is 566 g/mol. The topological polar surface area (TPSA) is 123 Å². The normalized spacial score (nSPS) is 13.0. The highest BCUT2D eigenvalue weighted by molar-refractivity contribution is 8.00. The molecule has 0 saturated heterocycles. The van der Waals surface area contributed by atoms with Gasteiger partial charge in [-0.2, -0.15) is 0 Å². The van der Waals surface area contributed by atoms with Crippen LogP contribution in [0.1, 0.15) is 45.0 Å². The van der Waals surface area contributed by atoms with Crippen molar-refractivity contribution in [3.8, 4) is 11.5 Å². The minimum atomic E-state index is -0.534. The number of nitrogens with one attached hydrogen (secondary N) is 2. The number of esters is 1. The Morgan fingerprint density at radius 1 is 0.976 bits per heavy atom. The fourth-order valence-corrected chi connectivity index (χ4v) is 6.65. The van der Waals surface area contributed by atoms with Crippen LogP contribution in [0.3, 0.4) is 0 Å². The number of rotatable bonds is 9. The van der Waals surface area contributed by atoms with Crippen LogP contribution in [0.5, 0.6) is 11.5 Å². The van der Waals surface area contributed by atoms with Crippen LogP contribution in [0.4, 0.5) is 10.7 Å². The van der Waals surface area contributed by atoms with Gasteiger partial charge in [-0.15, -0.1) is 23.1 Å². The quantitative estimate of drug-likeness (QED) is 0.266. The summed E-state index contributed by atoms with van der Waals surface area (Å²) >= 11 is 2.59. The van der Waals surface area contributed by atoms with Crippen LogP contribution in [0, 0.1) is 0 Å². The number of nitrogens with zero attached hydrogens (tertiary/aromatic N) is 1. The van der Waals surface area contributed by atoms with Crippen molar-refractivity contribution in [2.24, 2.45) is 0 Å². The third-order valence-electron chi connectivity index (χ3n) is 6.56. The molecule has 0 radical (unpaired) electrons. The van der Waals surface area contributed by atoms with Crippen molar-refractivity contribution in [1.29, 1.82) is 0 Å². The van der Waals surface area contributed by atoms with E-state index >= 15 is 0 Å². The maximum Gasteiger partial charge on any atom is 0.341 e. The van der Waals surface area contributed by atoms with E-state index in [1.54, 1.807) is 48.2 Å². The third-order valence-corrected chi connectivity index (χ3v) is 8.78. The number of hydrogen-bond donors (Lipinski definition) is 2. The van der Waals surface area contributed by atoms with Gasteiger partial charge in [-0.3, -0.25) is 14.4 Å². The number of carbonyl (C=O) groups excluding carboxylic acids is 4. The molecule has 2 heterocycles. The molecule has 12 heteroatoms. The molecule has 0 saturated carbocycles. The van der Waals surface area contributed by atoms with Gasteiger partial charge in [0.05, 0.1) is 38.7 Å². The van der Waals surface area contributed by atoms with Crippen molar-refractivity contribution in [1.82, 2.24) is 4.90 Å². The second-order valence-electron chi connectivity index (χ2n) is 9.16. The maximum absolute atomic E-state index is 13.2. The number of fused-ring (bicyclic) bond motifs is 1. The van der Waals surface area contributed by atoms with Gasteiger partial charge in [0.15, 0.2) is 0 Å². The van der Waals surface area contributed by atoms with E-state index in [0.29, 0.717) is 47.3 Å². The molecule has 2 aromatic carbocycles. The summed E-state index contributed by atoms with van der Waals surface area (Å²) in [4.78, 5) is 54.1. The minimum Gasteiger partial charge on any atom is -0.496 e. The lowest BCUT2D eigenvalue weighted by atomic mass is 10.0. The van der Waals surface area contributed by atoms with Gasteiger partial charge >= 0.3 is 5.97 Å². The smallest absolute Gasteiger partial charge is 0.341 e. The monoisotopic (exact) mass is 597 g/mol. The highest BCUT2D eigenvalue weighted by Crippen LogP contribution is 2.38. The van der Waals surface area contributed by atoms with E-state index in [4.69, 9.17) is 14.2 Å². The van der Waals surface area contributed by atoms with E-state index in [9.17, 15) is 19.2 Å². The molecule has 0 spiro atoms. The first-order chi connectivity index (χ1) is 19.7. The molecule has 3 amide bonds. The van der Waals surface area contributed by atoms with Crippen molar-refractivity contribution < 1.29 is 33.4 Å². The molecule has 1 unspecified atom stereocenters. The van der Waals surface area contributed by atoms with Crippen molar-refractivity contribution in [2.75, 3.05) is 38.5 Å². The standard InChI is InChI=1S/C29H31N3O7S2/c1-16(26(34)31-28-24(29(36)39-5)20-12-13-32(17(2)33)15-23(20)41-28)40-19-9-6-8-18(14-19)30-27(35)25-21(37-3)10-7-11-22(25)38-4/h6-11,14,16H,12-13,15H2,1-5H3,(H,30,35)(H,31,34). The third kappa shape index (κ3) is 6.66. The van der Waals surface area contributed by atoms with Crippen LogP contribution in [-0.2, 0) is 27.3 Å². The Labute approximate surface area is 246 Å². The van der Waals surface area contributed by atoms with Gasteiger partial charge in [0.1, 0.15) is 22.1 Å². The summed E-state index contributed by atoms with van der Waals surface area (Å²) in [5, 5.41) is 5.64. The van der Waals surface area contributed by atoms with Crippen LogP contribution >= 0.6 is 23.1 Å². The lowest BCUT2D eigenvalue weighted by Gasteiger charge is -2.25. The first kappa shape index (κ1) is 29.9. The van der Waals surface area contributed by atoms with E-state index in [1.807, 2.05) is 6.07 Å². The summed E-state index contributed by atoms with van der Waals surface area (Å²) in [6.07, 6.45) is 0.509. The molecule has 2 N–H and O–H groups in total. The number of anilines is 2. The second kappa shape index (κ2) is 13.1. The number of methoxy groups -OCH3 is 3. The Morgan fingerprint density at radius 2 is 1.66 bits per heavy atom. The Morgan fingerprint density at radius 3 is 2.29 bits per heavy atom. The zero-order valence-corrected chi connectivity index (χ0v) is 25.0. The fourth-order valence-electron chi connectivity index (χ4n) is 4.47. The van der Waals surface area contributed by atoms with Gasteiger partial charge < -0.3 is 29.7 Å². The molecule has 1 aliphatic heterocycles. The Kier molecular flexibility index (Phi) is 9.56. The molecule has 3 aromatic rings. The lowest BCUT2D eigenvalue weighted by Crippen LogP contribution is -2.33. The predicted octanol–water partition coefficient (Wildman–Crippen LogP) is 4.83. The Hall–Kier alpha value is -4.03. The van der Waals surface area contributed by atoms with Gasteiger partial charge in [0, 0.05) is 28.9 Å². The van der Waals surface area contributed by atoms with Crippen LogP contribution in [-0.4, -0.2) is 61.7 Å². The summed E-state index contributed by atoms with van der Waals surface area (Å²) in [7, 11) is 4.27. The molecule has 216 valence electrons. The van der Waals surface area contributed by atoms with Gasteiger partial charge in [0.25, 0.3) is 5.91 Å². The molecule has 41 heavy (non-hydrogen) atoms. The first-order valence-corrected chi connectivity index (χ1v) is 14.4. The molecule has 1 atom stereocenters. The molecule has 1 aromatic heterocycles. The number of carbonyl (C=O) groups is 4. The van der Waals surface area contributed by atoms with Crippen LogP contribution in [0.15, 0.2) is 47.4 Å². The first-order valence-electron chi connectivity index (χ1n) is 12.7. The van der Waals surface area contributed by atoms with Gasteiger partial charge in [0.2, 0.25) is 11.8 Å². The molecule has 4 rings (SSSR count). The zero-order valence-electron chi connectivity index (χ0n) is 23.4. The van der Waals surface area contributed by atoms with E-state index in [1.165, 1.54) is 51.4 Å². The summed E-state index contributed by atoms with van der Waals surface area (Å²) in [6.45, 7) is 4.16. The maximum atomic E-state index is 13.2. The van der Waals surface area contributed by atoms with Crippen LogP contribution < -0.4 is 20.1 Å². The molecule has 0 fully saturated rings. The van der Waals surface area contributed by atoms with E-state index in [2.05, 4.69) is 10.6 Å². The fraction of sp³-hybridized carbons (Fsp3) is 0.310. The molecule has 1 aliphatic rings. The largest absolute Gasteiger partial charge is 0.496 e. The highest BCUT2D eigenvalue weighted by atomic mass is 32.2. The molecule has 0 bridgehead atoms. The average molecular weight is 598 g/mol. The lowest BCUT2D eigenvalue weighted by molar-refractivity contribution is -0.129. The number of ether oxygens (including phenoxy) is 3. The minimum absolute atomic E-state index is 0.0419. The molecule has 0 aliphatic carbocycles. The van der Waals surface area contributed by atoms with Crippen LogP contribution in [0.2, 0.25) is 0 Å². The van der Waals surface area contributed by atoms with E-state index in [0.717, 1.165) is 15.3 Å². The van der Waals surface area contributed by atoms with Gasteiger partial charge in [-0.05, 0) is 49.2 Å². The average Bonchev–Trinajstić information content (AvgIpc) is 3.33. The van der Waals surface area contributed by atoms with Crippen molar-refractivity contribution in [2.45, 2.75) is 37.0 Å². The second-order valence-corrected chi connectivity index (χ2v) is 11.7. The molecule has 10 nitrogen and oxygen atoms in total. The number of thiophene rings is 1. The Bertz CT molecular complexity index is 1460. The van der Waals surface area contributed by atoms with Gasteiger partial charge in [-0.25, -0.2) is 4.79 Å². The number of benzene rings is 2. The molecular formula is C29H31N3O7S2. The summed E-state index contributed by atoms with van der Waals surface area (Å²) in [5.41, 5.74) is 1.96.